The molecule has 0 spiro atoms. The molecule has 72 valence electrons. The number of hydrogen-bond donors (Lipinski definition) is 0. The molecule has 0 radical (unpaired) electrons. The Hall–Kier alpha value is -2.02. The van der Waals surface area contributed by atoms with E-state index in [9.17, 15) is 4.91 Å². The second kappa shape index (κ2) is 4.87. The molecule has 0 fully saturated rings. The van der Waals surface area contributed by atoms with Crippen LogP contribution in [0.2, 0.25) is 0 Å². The average Bonchev–Trinajstić information content (AvgIpc) is 2.26. The Balaban J connectivity index is 2.69. The minimum absolute atomic E-state index is 0.213. The number of nitrogens with zero attached hydrogens (tertiary/aromatic N) is 1. The number of terminal acetylenes is 1. The van der Waals surface area contributed by atoms with Crippen LogP contribution < -0.4 is 4.74 Å². The molecule has 4 nitrogen and oxygen atoms in total. The number of rotatable bonds is 4. The zero-order chi connectivity index (χ0) is 10.4. The van der Waals surface area contributed by atoms with Gasteiger partial charge in [-0.05, 0) is 12.1 Å². The van der Waals surface area contributed by atoms with Crippen molar-refractivity contribution in [3.8, 4) is 18.1 Å². The van der Waals surface area contributed by atoms with Gasteiger partial charge >= 0.3 is 5.69 Å². The first-order chi connectivity index (χ1) is 6.77. The van der Waals surface area contributed by atoms with Gasteiger partial charge < -0.3 is 4.74 Å². The van der Waals surface area contributed by atoms with Crippen molar-refractivity contribution in [1.29, 1.82) is 0 Å². The first kappa shape index (κ1) is 10.1. The molecule has 0 amide bonds. The van der Waals surface area contributed by atoms with Gasteiger partial charge in [0.05, 0.1) is 4.91 Å². The number of ether oxygens (including phenoxy) is 1. The van der Waals surface area contributed by atoms with Gasteiger partial charge in [0.1, 0.15) is 12.4 Å². The second-order valence-electron chi connectivity index (χ2n) is 2.43. The minimum atomic E-state index is 0.213. The van der Waals surface area contributed by atoms with Crippen LogP contribution in [0.5, 0.6) is 5.75 Å². The molecule has 0 saturated carbocycles. The van der Waals surface area contributed by atoms with Crippen LogP contribution in [-0.4, -0.2) is 18.6 Å². The van der Waals surface area contributed by atoms with E-state index in [-0.39, 0.29) is 6.61 Å². The van der Waals surface area contributed by atoms with Crippen molar-refractivity contribution >= 4 is 5.69 Å². The molecule has 0 N–H and O–H groups in total. The molecule has 0 aromatic heterocycles. The molecular weight excluding hydrogens is 182 g/mol. The Kier molecular flexibility index (Phi) is 3.50. The molecule has 0 saturated heterocycles. The number of hydrogen-bond acceptors (Lipinski definition) is 3. The van der Waals surface area contributed by atoms with E-state index in [0.29, 0.717) is 16.4 Å². The van der Waals surface area contributed by atoms with E-state index in [0.717, 1.165) is 0 Å². The normalized spacial score (nSPS) is 8.86. The quantitative estimate of drug-likeness (QED) is 0.538. The standard InChI is InChI=1S/C10H10NO3/c1-3-8-14-10-6-4-9(5-7-10)11(12)13-2/h1,4-7H,8H2,2H3/q+1. The molecule has 0 aliphatic heterocycles. The zero-order valence-electron chi connectivity index (χ0n) is 7.77. The molecule has 0 aliphatic rings. The van der Waals surface area contributed by atoms with Crippen LogP contribution in [0.15, 0.2) is 24.3 Å². The average molecular weight is 192 g/mol. The van der Waals surface area contributed by atoms with Crippen LogP contribution in [0.25, 0.3) is 0 Å². The summed E-state index contributed by atoms with van der Waals surface area (Å²) in [5.41, 5.74) is 0.403. The van der Waals surface area contributed by atoms with E-state index in [1.54, 1.807) is 24.3 Å². The van der Waals surface area contributed by atoms with Gasteiger partial charge in [0.25, 0.3) is 4.92 Å². The van der Waals surface area contributed by atoms with Gasteiger partial charge in [-0.25, -0.2) is 4.84 Å². The predicted molar refractivity (Wildman–Crippen MR) is 51.1 cm³/mol. The third kappa shape index (κ3) is 2.49. The third-order valence-electron chi connectivity index (χ3n) is 1.54. The first-order valence-corrected chi connectivity index (χ1v) is 3.95. The van der Waals surface area contributed by atoms with Gasteiger partial charge in [0, 0.05) is 12.1 Å². The molecule has 0 heterocycles. The van der Waals surface area contributed by atoms with Crippen molar-refractivity contribution in [1.82, 2.24) is 0 Å². The summed E-state index contributed by atoms with van der Waals surface area (Å²) in [4.78, 5) is 15.8. The summed E-state index contributed by atoms with van der Waals surface area (Å²) < 4.78 is 5.13. The Morgan fingerprint density at radius 3 is 2.57 bits per heavy atom. The highest BCUT2D eigenvalue weighted by Crippen LogP contribution is 2.17. The molecule has 0 unspecified atom stereocenters. The Morgan fingerprint density at radius 1 is 1.43 bits per heavy atom. The maximum atomic E-state index is 11.0. The Morgan fingerprint density at radius 2 is 2.07 bits per heavy atom. The van der Waals surface area contributed by atoms with Gasteiger partial charge in [-0.1, -0.05) is 5.92 Å². The monoisotopic (exact) mass is 192 g/mol. The molecule has 4 heteroatoms. The van der Waals surface area contributed by atoms with Crippen molar-refractivity contribution in [2.45, 2.75) is 0 Å². The third-order valence-corrected chi connectivity index (χ3v) is 1.54. The summed E-state index contributed by atoms with van der Waals surface area (Å²) in [6.07, 6.45) is 5.02. The van der Waals surface area contributed by atoms with Crippen molar-refractivity contribution in [2.75, 3.05) is 13.7 Å². The summed E-state index contributed by atoms with van der Waals surface area (Å²) in [6, 6.07) is 6.47. The van der Waals surface area contributed by atoms with Crippen LogP contribution in [0.3, 0.4) is 0 Å². The Labute approximate surface area is 82.0 Å². The van der Waals surface area contributed by atoms with Crippen molar-refractivity contribution in [2.24, 2.45) is 0 Å². The van der Waals surface area contributed by atoms with E-state index in [2.05, 4.69) is 10.8 Å². The smallest absolute Gasteiger partial charge is 0.317 e. The molecule has 14 heavy (non-hydrogen) atoms. The molecular formula is C10H10NO3+. The molecule has 0 bridgehead atoms. The second-order valence-corrected chi connectivity index (χ2v) is 2.43. The van der Waals surface area contributed by atoms with Crippen LogP contribution in [-0.2, 0) is 4.84 Å². The highest BCUT2D eigenvalue weighted by atomic mass is 16.8. The fraction of sp³-hybridized carbons (Fsp3) is 0.200. The molecule has 0 atom stereocenters. The van der Waals surface area contributed by atoms with Crippen LogP contribution in [0.4, 0.5) is 5.69 Å². The largest absolute Gasteiger partial charge is 0.481 e. The fourth-order valence-electron chi connectivity index (χ4n) is 0.894. The van der Waals surface area contributed by atoms with E-state index < -0.39 is 0 Å². The topological polar surface area (TPSA) is 38.5 Å². The molecule has 1 aromatic rings. The summed E-state index contributed by atoms with van der Waals surface area (Å²) >= 11 is 0. The lowest BCUT2D eigenvalue weighted by Crippen LogP contribution is -1.98. The maximum absolute atomic E-state index is 11.0. The van der Waals surface area contributed by atoms with Crippen molar-refractivity contribution in [3.05, 3.63) is 29.2 Å². The molecule has 1 rings (SSSR count). The van der Waals surface area contributed by atoms with Gasteiger partial charge in [-0.2, -0.15) is 0 Å². The predicted octanol–water partition coefficient (Wildman–Crippen LogP) is 1.67. The SMILES string of the molecule is C#CCOc1ccc([N+](=O)OC)cc1. The number of benzene rings is 1. The summed E-state index contributed by atoms with van der Waals surface area (Å²) in [6.45, 7) is 0.213. The van der Waals surface area contributed by atoms with Gasteiger partial charge in [0.2, 0.25) is 0 Å². The van der Waals surface area contributed by atoms with E-state index in [4.69, 9.17) is 11.2 Å². The summed E-state index contributed by atoms with van der Waals surface area (Å²) in [7, 11) is 1.30. The van der Waals surface area contributed by atoms with Crippen molar-refractivity contribution < 1.29 is 14.5 Å². The molecule has 0 aliphatic carbocycles. The summed E-state index contributed by atoms with van der Waals surface area (Å²) in [5, 5.41) is 0. The van der Waals surface area contributed by atoms with E-state index >= 15 is 0 Å². The highest BCUT2D eigenvalue weighted by molar-refractivity contribution is 5.35. The lowest BCUT2D eigenvalue weighted by atomic mass is 10.3. The van der Waals surface area contributed by atoms with Gasteiger partial charge in [0.15, 0.2) is 7.11 Å². The maximum Gasteiger partial charge on any atom is 0.317 e. The lowest BCUT2D eigenvalue weighted by molar-refractivity contribution is -0.736. The van der Waals surface area contributed by atoms with Crippen LogP contribution >= 0.6 is 0 Å². The Bertz CT molecular complexity index is 351. The highest BCUT2D eigenvalue weighted by Gasteiger charge is 2.12. The van der Waals surface area contributed by atoms with E-state index in [1.165, 1.54) is 7.11 Å². The van der Waals surface area contributed by atoms with Crippen LogP contribution in [0.1, 0.15) is 0 Å². The first-order valence-electron chi connectivity index (χ1n) is 3.95. The van der Waals surface area contributed by atoms with Crippen molar-refractivity contribution in [3.63, 3.8) is 0 Å². The van der Waals surface area contributed by atoms with E-state index in [1.807, 2.05) is 0 Å². The fourth-order valence-corrected chi connectivity index (χ4v) is 0.894. The van der Waals surface area contributed by atoms with Crippen LogP contribution in [0, 0.1) is 17.3 Å². The van der Waals surface area contributed by atoms with Gasteiger partial charge in [-0.3, -0.25) is 0 Å². The van der Waals surface area contributed by atoms with Gasteiger partial charge in [-0.15, -0.1) is 6.42 Å². The zero-order valence-corrected chi connectivity index (χ0v) is 7.77. The summed E-state index contributed by atoms with van der Waals surface area (Å²) in [5.74, 6) is 2.97. The minimum Gasteiger partial charge on any atom is -0.481 e. The lowest BCUT2D eigenvalue weighted by Gasteiger charge is -1.99. The molecule has 1 aromatic carbocycles.